The number of para-hydroxylation sites is 2. The summed E-state index contributed by atoms with van der Waals surface area (Å²) in [6.07, 6.45) is 0.868. The van der Waals surface area contributed by atoms with Crippen molar-refractivity contribution in [1.29, 1.82) is 0 Å². The molecule has 0 aliphatic rings. The number of anilines is 2. The Morgan fingerprint density at radius 1 is 1.24 bits per heavy atom. The fraction of sp³-hybridized carbons (Fsp3) is 0.400. The van der Waals surface area contributed by atoms with Gasteiger partial charge in [0.15, 0.2) is 11.6 Å². The van der Waals surface area contributed by atoms with Gasteiger partial charge in [-0.05, 0) is 25.5 Å². The molecule has 2 aromatic rings. The Bertz CT molecular complexity index is 630. The van der Waals surface area contributed by atoms with Crippen molar-refractivity contribution in [2.75, 3.05) is 30.3 Å². The van der Waals surface area contributed by atoms with Crippen LogP contribution in [0, 0.1) is 0 Å². The fourth-order valence-electron chi connectivity index (χ4n) is 2.13. The lowest BCUT2D eigenvalue weighted by atomic mass is 10.3. The molecule has 6 heteroatoms. The summed E-state index contributed by atoms with van der Waals surface area (Å²) in [5.41, 5.74) is 7.50. The molecular weight excluding hydrogens is 268 g/mol. The smallest absolute Gasteiger partial charge is 0.325 e. The summed E-state index contributed by atoms with van der Waals surface area (Å²) in [5.74, 6) is 0.565. The molecule has 0 aliphatic carbocycles. The first kappa shape index (κ1) is 15.0. The summed E-state index contributed by atoms with van der Waals surface area (Å²) in [5, 5.41) is 0. The van der Waals surface area contributed by atoms with E-state index < -0.39 is 0 Å². The second kappa shape index (κ2) is 6.88. The van der Waals surface area contributed by atoms with Crippen LogP contribution in [0.3, 0.4) is 0 Å². The zero-order valence-electron chi connectivity index (χ0n) is 12.4. The standard InChI is InChI=1S/C15H20N4O2/c1-3-9-19(10-13(20)21-4-2)15-14(16)17-11-7-5-6-8-12(11)18-15/h5-8H,3-4,9-10H2,1-2H3,(H2,16,17). The summed E-state index contributed by atoms with van der Waals surface area (Å²) < 4.78 is 5.00. The van der Waals surface area contributed by atoms with Crippen LogP contribution < -0.4 is 10.6 Å². The molecule has 112 valence electrons. The van der Waals surface area contributed by atoms with E-state index in [0.717, 1.165) is 17.5 Å². The Balaban J connectivity index is 2.34. The van der Waals surface area contributed by atoms with Gasteiger partial charge < -0.3 is 15.4 Å². The third kappa shape index (κ3) is 3.59. The van der Waals surface area contributed by atoms with E-state index in [2.05, 4.69) is 9.97 Å². The van der Waals surface area contributed by atoms with Crippen LogP contribution in [-0.2, 0) is 9.53 Å². The molecule has 0 bridgehead atoms. The van der Waals surface area contributed by atoms with Gasteiger partial charge >= 0.3 is 5.97 Å². The van der Waals surface area contributed by atoms with Crippen molar-refractivity contribution in [3.63, 3.8) is 0 Å². The molecule has 0 radical (unpaired) electrons. The van der Waals surface area contributed by atoms with E-state index in [4.69, 9.17) is 10.5 Å². The summed E-state index contributed by atoms with van der Waals surface area (Å²) in [4.78, 5) is 22.4. The van der Waals surface area contributed by atoms with Crippen LogP contribution >= 0.6 is 0 Å². The molecule has 1 heterocycles. The number of aromatic nitrogens is 2. The van der Waals surface area contributed by atoms with Crippen molar-refractivity contribution in [3.8, 4) is 0 Å². The van der Waals surface area contributed by atoms with Crippen molar-refractivity contribution >= 4 is 28.6 Å². The maximum absolute atomic E-state index is 11.7. The molecule has 0 fully saturated rings. The van der Waals surface area contributed by atoms with E-state index in [9.17, 15) is 4.79 Å². The van der Waals surface area contributed by atoms with Crippen molar-refractivity contribution in [2.45, 2.75) is 20.3 Å². The van der Waals surface area contributed by atoms with Gasteiger partial charge in [0, 0.05) is 6.54 Å². The van der Waals surface area contributed by atoms with Gasteiger partial charge in [-0.15, -0.1) is 0 Å². The second-order valence-corrected chi connectivity index (χ2v) is 4.65. The number of carbonyl (C=O) groups is 1. The number of hydrogen-bond donors (Lipinski definition) is 1. The van der Waals surface area contributed by atoms with Crippen LogP contribution in [0.4, 0.5) is 11.6 Å². The minimum atomic E-state index is -0.291. The van der Waals surface area contributed by atoms with Gasteiger partial charge in [-0.2, -0.15) is 0 Å². The lowest BCUT2D eigenvalue weighted by Gasteiger charge is -2.23. The van der Waals surface area contributed by atoms with Crippen LogP contribution in [0.2, 0.25) is 0 Å². The Morgan fingerprint density at radius 2 is 1.90 bits per heavy atom. The number of rotatable bonds is 6. The Labute approximate surface area is 123 Å². The first-order valence-electron chi connectivity index (χ1n) is 7.08. The Kier molecular flexibility index (Phi) is 4.92. The molecule has 2 N–H and O–H groups in total. The fourth-order valence-corrected chi connectivity index (χ4v) is 2.13. The highest BCUT2D eigenvalue weighted by Gasteiger charge is 2.17. The molecule has 0 aliphatic heterocycles. The molecule has 0 saturated heterocycles. The predicted octanol–water partition coefficient (Wildman–Crippen LogP) is 1.99. The number of nitrogens with zero attached hydrogens (tertiary/aromatic N) is 3. The lowest BCUT2D eigenvalue weighted by molar-refractivity contribution is -0.141. The number of hydrogen-bond acceptors (Lipinski definition) is 6. The van der Waals surface area contributed by atoms with E-state index in [1.807, 2.05) is 36.1 Å². The monoisotopic (exact) mass is 288 g/mol. The molecule has 21 heavy (non-hydrogen) atoms. The highest BCUT2D eigenvalue weighted by Crippen LogP contribution is 2.22. The molecule has 0 saturated carbocycles. The van der Waals surface area contributed by atoms with E-state index in [0.29, 0.717) is 24.8 Å². The van der Waals surface area contributed by atoms with E-state index in [1.54, 1.807) is 6.92 Å². The SMILES string of the molecule is CCCN(CC(=O)OCC)c1nc2ccccc2nc1N. The Morgan fingerprint density at radius 3 is 2.52 bits per heavy atom. The largest absolute Gasteiger partial charge is 0.465 e. The quantitative estimate of drug-likeness (QED) is 0.819. The van der Waals surface area contributed by atoms with Crippen LogP contribution in [0.15, 0.2) is 24.3 Å². The van der Waals surface area contributed by atoms with Gasteiger partial charge in [0.05, 0.1) is 17.6 Å². The molecule has 0 amide bonds. The summed E-state index contributed by atoms with van der Waals surface area (Å²) in [7, 11) is 0. The number of ether oxygens (including phenoxy) is 1. The maximum Gasteiger partial charge on any atom is 0.325 e. The van der Waals surface area contributed by atoms with Gasteiger partial charge in [-0.3, -0.25) is 4.79 Å². The summed E-state index contributed by atoms with van der Waals surface area (Å²) >= 11 is 0. The minimum absolute atomic E-state index is 0.124. The third-order valence-corrected chi connectivity index (χ3v) is 3.00. The first-order chi connectivity index (χ1) is 10.2. The van der Waals surface area contributed by atoms with Crippen molar-refractivity contribution < 1.29 is 9.53 Å². The highest BCUT2D eigenvalue weighted by molar-refractivity contribution is 5.82. The summed E-state index contributed by atoms with van der Waals surface area (Å²) in [6.45, 7) is 4.96. The number of fused-ring (bicyclic) bond motifs is 1. The van der Waals surface area contributed by atoms with E-state index in [-0.39, 0.29) is 12.5 Å². The van der Waals surface area contributed by atoms with Gasteiger partial charge in [-0.25, -0.2) is 9.97 Å². The molecule has 1 aromatic heterocycles. The zero-order valence-corrected chi connectivity index (χ0v) is 12.4. The molecule has 0 unspecified atom stereocenters. The van der Waals surface area contributed by atoms with E-state index >= 15 is 0 Å². The first-order valence-corrected chi connectivity index (χ1v) is 7.08. The number of nitrogen functional groups attached to an aromatic ring is 1. The number of carbonyl (C=O) groups excluding carboxylic acids is 1. The van der Waals surface area contributed by atoms with Crippen molar-refractivity contribution in [3.05, 3.63) is 24.3 Å². The lowest BCUT2D eigenvalue weighted by Crippen LogP contribution is -2.33. The van der Waals surface area contributed by atoms with Gasteiger partial charge in [0.2, 0.25) is 0 Å². The van der Waals surface area contributed by atoms with Gasteiger partial charge in [0.1, 0.15) is 6.54 Å². The van der Waals surface area contributed by atoms with Crippen LogP contribution in [-0.4, -0.2) is 35.6 Å². The summed E-state index contributed by atoms with van der Waals surface area (Å²) in [6, 6.07) is 7.52. The molecule has 1 aromatic carbocycles. The zero-order chi connectivity index (χ0) is 15.2. The maximum atomic E-state index is 11.7. The van der Waals surface area contributed by atoms with E-state index in [1.165, 1.54) is 0 Å². The van der Waals surface area contributed by atoms with Crippen LogP contribution in [0.1, 0.15) is 20.3 Å². The molecular formula is C15H20N4O2. The average Bonchev–Trinajstić information content (AvgIpc) is 2.46. The van der Waals surface area contributed by atoms with Gasteiger partial charge in [-0.1, -0.05) is 19.1 Å². The topological polar surface area (TPSA) is 81.3 Å². The Hall–Kier alpha value is -2.37. The average molecular weight is 288 g/mol. The third-order valence-electron chi connectivity index (χ3n) is 3.00. The highest BCUT2D eigenvalue weighted by atomic mass is 16.5. The van der Waals surface area contributed by atoms with Crippen molar-refractivity contribution in [1.82, 2.24) is 9.97 Å². The minimum Gasteiger partial charge on any atom is -0.465 e. The van der Waals surface area contributed by atoms with Crippen LogP contribution in [0.25, 0.3) is 11.0 Å². The number of benzene rings is 1. The number of esters is 1. The second-order valence-electron chi connectivity index (χ2n) is 4.65. The van der Waals surface area contributed by atoms with Crippen LogP contribution in [0.5, 0.6) is 0 Å². The number of nitrogens with two attached hydrogens (primary N) is 1. The molecule has 0 spiro atoms. The normalized spacial score (nSPS) is 10.6. The molecule has 6 nitrogen and oxygen atoms in total. The molecule has 2 rings (SSSR count). The predicted molar refractivity (Wildman–Crippen MR) is 83.1 cm³/mol. The molecule has 0 atom stereocenters. The van der Waals surface area contributed by atoms with Crippen molar-refractivity contribution in [2.24, 2.45) is 0 Å². The van der Waals surface area contributed by atoms with Gasteiger partial charge in [0.25, 0.3) is 0 Å².